The molecule has 3 rings (SSSR count). The Labute approximate surface area is 192 Å². The van der Waals surface area contributed by atoms with Crippen molar-refractivity contribution in [3.05, 3.63) is 54.1 Å². The number of hydrogen-bond donors (Lipinski definition) is 1. The van der Waals surface area contributed by atoms with E-state index in [1.165, 1.54) is 34.6 Å². The third-order valence-electron chi connectivity index (χ3n) is 5.23. The van der Waals surface area contributed by atoms with Gasteiger partial charge in [0.1, 0.15) is 0 Å². The molecule has 1 N–H and O–H groups in total. The van der Waals surface area contributed by atoms with Gasteiger partial charge in [-0.15, -0.1) is 0 Å². The summed E-state index contributed by atoms with van der Waals surface area (Å²) in [7, 11) is -7.62. The van der Waals surface area contributed by atoms with Gasteiger partial charge in [0.2, 0.25) is 20.0 Å². The molecule has 0 aromatic heterocycles. The van der Waals surface area contributed by atoms with Crippen LogP contribution in [-0.2, 0) is 26.2 Å². The second kappa shape index (κ2) is 9.61. The average molecular weight is 506 g/mol. The van der Waals surface area contributed by atoms with Crippen molar-refractivity contribution < 1.29 is 30.0 Å². The van der Waals surface area contributed by atoms with E-state index in [-0.39, 0.29) is 48.4 Å². The second-order valence-electron chi connectivity index (χ2n) is 8.16. The lowest BCUT2D eigenvalue weighted by molar-refractivity contribution is -0.137. The predicted octanol–water partition coefficient (Wildman–Crippen LogP) is 3.15. The van der Waals surface area contributed by atoms with Gasteiger partial charge in [0.25, 0.3) is 0 Å². The molecule has 1 aliphatic rings. The van der Waals surface area contributed by atoms with E-state index in [4.69, 9.17) is 0 Å². The lowest BCUT2D eigenvalue weighted by atomic mass is 10.1. The Bertz CT molecular complexity index is 1170. The summed E-state index contributed by atoms with van der Waals surface area (Å²) >= 11 is 0. The van der Waals surface area contributed by atoms with Crippen molar-refractivity contribution in [3.63, 3.8) is 0 Å². The third-order valence-corrected chi connectivity index (χ3v) is 8.58. The molecule has 0 saturated carbocycles. The van der Waals surface area contributed by atoms with E-state index in [2.05, 4.69) is 4.72 Å². The Morgan fingerprint density at radius 2 is 1.48 bits per heavy atom. The van der Waals surface area contributed by atoms with Crippen LogP contribution in [0.25, 0.3) is 0 Å². The fourth-order valence-corrected chi connectivity index (χ4v) is 6.00. The molecule has 7 nitrogen and oxygen atoms in total. The molecule has 1 fully saturated rings. The zero-order valence-corrected chi connectivity index (χ0v) is 19.8. The van der Waals surface area contributed by atoms with Crippen LogP contribution in [0.3, 0.4) is 0 Å². The smallest absolute Gasteiger partial charge is 0.369 e. The number of sulfonamides is 2. The number of rotatable bonds is 7. The van der Waals surface area contributed by atoms with Crippen LogP contribution < -0.4 is 9.62 Å². The molecule has 0 unspecified atom stereocenters. The zero-order chi connectivity index (χ0) is 24.4. The van der Waals surface area contributed by atoms with Gasteiger partial charge in [-0.1, -0.05) is 19.9 Å². The predicted molar refractivity (Wildman–Crippen MR) is 119 cm³/mol. The Kier molecular flexibility index (Phi) is 7.42. The summed E-state index contributed by atoms with van der Waals surface area (Å²) in [6, 6.07) is 9.92. The van der Waals surface area contributed by atoms with Crippen LogP contribution >= 0.6 is 0 Å². The first-order valence-electron chi connectivity index (χ1n) is 10.3. The lowest BCUT2D eigenvalue weighted by Crippen LogP contribution is -2.48. The Hall–Kier alpha value is -2.15. The van der Waals surface area contributed by atoms with Gasteiger partial charge in [0.05, 0.1) is 15.4 Å². The third kappa shape index (κ3) is 6.05. The Balaban J connectivity index is 1.69. The topological polar surface area (TPSA) is 86.8 Å². The summed E-state index contributed by atoms with van der Waals surface area (Å²) < 4.78 is 93.2. The van der Waals surface area contributed by atoms with Crippen LogP contribution in [0.5, 0.6) is 0 Å². The van der Waals surface area contributed by atoms with Crippen LogP contribution in [0.1, 0.15) is 19.4 Å². The number of nitrogens with one attached hydrogen (secondary N) is 1. The molecule has 0 amide bonds. The summed E-state index contributed by atoms with van der Waals surface area (Å²) in [5.41, 5.74) is -0.377. The van der Waals surface area contributed by atoms with E-state index in [1.54, 1.807) is 11.0 Å². The van der Waals surface area contributed by atoms with E-state index in [1.807, 2.05) is 13.8 Å². The molecule has 0 bridgehead atoms. The van der Waals surface area contributed by atoms with Crippen LogP contribution in [-0.4, -0.2) is 53.9 Å². The highest BCUT2D eigenvalue weighted by atomic mass is 32.2. The molecule has 33 heavy (non-hydrogen) atoms. The zero-order valence-electron chi connectivity index (χ0n) is 18.2. The van der Waals surface area contributed by atoms with Crippen molar-refractivity contribution in [2.45, 2.75) is 29.8 Å². The molecule has 0 spiro atoms. The van der Waals surface area contributed by atoms with Crippen molar-refractivity contribution in [1.82, 2.24) is 9.03 Å². The van der Waals surface area contributed by atoms with Gasteiger partial charge in [-0.25, -0.2) is 21.6 Å². The molecular weight excluding hydrogens is 479 g/mol. The van der Waals surface area contributed by atoms with Crippen LogP contribution in [0, 0.1) is 5.92 Å². The van der Waals surface area contributed by atoms with Crippen molar-refractivity contribution in [1.29, 1.82) is 0 Å². The van der Waals surface area contributed by atoms with E-state index in [9.17, 15) is 30.0 Å². The number of alkyl halides is 3. The van der Waals surface area contributed by atoms with Crippen LogP contribution in [0.2, 0.25) is 0 Å². The largest absolute Gasteiger partial charge is 0.416 e. The highest BCUT2D eigenvalue weighted by Gasteiger charge is 2.32. The first kappa shape index (κ1) is 25.5. The highest BCUT2D eigenvalue weighted by molar-refractivity contribution is 7.89. The molecule has 0 radical (unpaired) electrons. The standard InChI is InChI=1S/C21H26F3N3O4S2/c1-16(2)15-25-32(28,29)19-6-8-20(9-7-19)33(30,31)27-12-10-26(11-13-27)18-5-3-4-17(14-18)21(22,23)24/h3-9,14,16,25H,10-13,15H2,1-2H3. The van der Waals surface area contributed by atoms with E-state index in [0.717, 1.165) is 12.1 Å². The van der Waals surface area contributed by atoms with Gasteiger partial charge in [0, 0.05) is 38.4 Å². The number of hydrogen-bond acceptors (Lipinski definition) is 5. The van der Waals surface area contributed by atoms with Gasteiger partial charge >= 0.3 is 6.18 Å². The van der Waals surface area contributed by atoms with E-state index >= 15 is 0 Å². The highest BCUT2D eigenvalue weighted by Crippen LogP contribution is 2.32. The summed E-state index contributed by atoms with van der Waals surface area (Å²) in [5, 5.41) is 0. The lowest BCUT2D eigenvalue weighted by Gasteiger charge is -2.35. The summed E-state index contributed by atoms with van der Waals surface area (Å²) in [5.74, 6) is 0.119. The maximum Gasteiger partial charge on any atom is 0.416 e. The Morgan fingerprint density at radius 1 is 0.909 bits per heavy atom. The Morgan fingerprint density at radius 3 is 2.03 bits per heavy atom. The first-order valence-corrected chi connectivity index (χ1v) is 13.2. The number of benzene rings is 2. The van der Waals surface area contributed by atoms with E-state index in [0.29, 0.717) is 5.69 Å². The van der Waals surface area contributed by atoms with Crippen molar-refractivity contribution in [2.24, 2.45) is 5.92 Å². The fraction of sp³-hybridized carbons (Fsp3) is 0.429. The molecule has 2 aromatic carbocycles. The molecule has 2 aromatic rings. The van der Waals surface area contributed by atoms with Gasteiger partial charge in [0.15, 0.2) is 0 Å². The minimum atomic E-state index is -4.45. The normalized spacial score (nSPS) is 16.4. The molecule has 1 saturated heterocycles. The maximum absolute atomic E-state index is 13.0. The van der Waals surface area contributed by atoms with Crippen molar-refractivity contribution in [2.75, 3.05) is 37.6 Å². The first-order chi connectivity index (χ1) is 15.3. The number of halogens is 3. The molecular formula is C21H26F3N3O4S2. The van der Waals surface area contributed by atoms with Crippen LogP contribution in [0.15, 0.2) is 58.3 Å². The number of piperazine rings is 1. The second-order valence-corrected chi connectivity index (χ2v) is 11.9. The molecule has 182 valence electrons. The van der Waals surface area contributed by atoms with Crippen molar-refractivity contribution in [3.8, 4) is 0 Å². The average Bonchev–Trinajstić information content (AvgIpc) is 2.77. The van der Waals surface area contributed by atoms with Crippen LogP contribution in [0.4, 0.5) is 18.9 Å². The molecule has 0 atom stereocenters. The molecule has 12 heteroatoms. The minimum absolute atomic E-state index is 0.0311. The minimum Gasteiger partial charge on any atom is -0.369 e. The van der Waals surface area contributed by atoms with Gasteiger partial charge < -0.3 is 4.90 Å². The summed E-state index contributed by atoms with van der Waals surface area (Å²) in [6.45, 7) is 4.63. The summed E-state index contributed by atoms with van der Waals surface area (Å²) in [4.78, 5) is 1.63. The SMILES string of the molecule is CC(C)CNS(=O)(=O)c1ccc(S(=O)(=O)N2CCN(c3cccc(C(F)(F)F)c3)CC2)cc1. The monoisotopic (exact) mass is 505 g/mol. The number of nitrogens with zero attached hydrogens (tertiary/aromatic N) is 2. The molecule has 1 aliphatic heterocycles. The maximum atomic E-state index is 13.0. The van der Waals surface area contributed by atoms with Gasteiger partial charge in [-0.3, -0.25) is 0 Å². The van der Waals surface area contributed by atoms with Gasteiger partial charge in [-0.2, -0.15) is 17.5 Å². The fourth-order valence-electron chi connectivity index (χ4n) is 3.37. The number of anilines is 1. The van der Waals surface area contributed by atoms with E-state index < -0.39 is 31.8 Å². The quantitative estimate of drug-likeness (QED) is 0.625. The van der Waals surface area contributed by atoms with Gasteiger partial charge in [-0.05, 0) is 48.4 Å². The molecule has 1 heterocycles. The van der Waals surface area contributed by atoms with Crippen molar-refractivity contribution >= 4 is 25.7 Å². The molecule has 0 aliphatic carbocycles. The summed E-state index contributed by atoms with van der Waals surface area (Å²) in [6.07, 6.45) is -4.45.